The zero-order valence-corrected chi connectivity index (χ0v) is 18.3. The van der Waals surface area contributed by atoms with Crippen LogP contribution < -0.4 is 10.2 Å². The Kier molecular flexibility index (Phi) is 4.69. The largest absolute Gasteiger partial charge is 0.351 e. The molecule has 1 atom stereocenters. The lowest BCUT2D eigenvalue weighted by atomic mass is 9.90. The van der Waals surface area contributed by atoms with Crippen LogP contribution in [0.25, 0.3) is 10.2 Å². The molecular formula is C24H27N3O2S. The lowest BCUT2D eigenvalue weighted by Crippen LogP contribution is -2.65. The van der Waals surface area contributed by atoms with Crippen LogP contribution in [0.3, 0.4) is 0 Å². The highest BCUT2D eigenvalue weighted by atomic mass is 32.1. The molecule has 2 aliphatic rings. The smallest absolute Gasteiger partial charge is 0.275 e. The second kappa shape index (κ2) is 7.27. The number of anilines is 1. The van der Waals surface area contributed by atoms with Crippen molar-refractivity contribution >= 4 is 39.1 Å². The van der Waals surface area contributed by atoms with E-state index in [0.29, 0.717) is 12.2 Å². The van der Waals surface area contributed by atoms with Crippen LogP contribution in [0.15, 0.2) is 41.8 Å². The number of aromatic nitrogens is 1. The third-order valence-electron chi connectivity index (χ3n) is 6.67. The first-order chi connectivity index (χ1) is 14.5. The highest BCUT2D eigenvalue weighted by Gasteiger charge is 2.49. The second-order valence-corrected chi connectivity index (χ2v) is 9.70. The van der Waals surface area contributed by atoms with E-state index in [4.69, 9.17) is 0 Å². The number of benzene rings is 1. The molecule has 0 saturated heterocycles. The van der Waals surface area contributed by atoms with E-state index < -0.39 is 5.54 Å². The van der Waals surface area contributed by atoms with Crippen LogP contribution in [-0.4, -0.2) is 28.0 Å². The van der Waals surface area contributed by atoms with Crippen LogP contribution in [0.1, 0.15) is 55.1 Å². The number of fused-ring (bicyclic) bond motifs is 3. The SMILES string of the molecule is Cc1ccccc1N1C(=O)c2cc3ccsc3n2C[C@]1(C)C(=O)NC1CCCCC1. The Morgan fingerprint density at radius 3 is 2.70 bits per heavy atom. The molecule has 1 aliphatic heterocycles. The van der Waals surface area contributed by atoms with Crippen molar-refractivity contribution in [3.63, 3.8) is 0 Å². The molecule has 30 heavy (non-hydrogen) atoms. The van der Waals surface area contributed by atoms with Crippen LogP contribution in [0.4, 0.5) is 5.69 Å². The Morgan fingerprint density at radius 2 is 1.93 bits per heavy atom. The van der Waals surface area contributed by atoms with Gasteiger partial charge < -0.3 is 9.88 Å². The molecule has 2 aromatic heterocycles. The molecule has 5 rings (SSSR count). The topological polar surface area (TPSA) is 54.3 Å². The van der Waals surface area contributed by atoms with Crippen LogP contribution in [-0.2, 0) is 11.3 Å². The van der Waals surface area contributed by atoms with Crippen molar-refractivity contribution in [3.8, 4) is 0 Å². The number of para-hydroxylation sites is 1. The minimum absolute atomic E-state index is 0.0601. The number of amides is 2. The van der Waals surface area contributed by atoms with Crippen molar-refractivity contribution in [2.75, 3.05) is 4.90 Å². The number of carbonyl (C=O) groups is 2. The van der Waals surface area contributed by atoms with Crippen molar-refractivity contribution < 1.29 is 9.59 Å². The summed E-state index contributed by atoms with van der Waals surface area (Å²) in [7, 11) is 0. The van der Waals surface area contributed by atoms with Gasteiger partial charge in [-0.3, -0.25) is 14.5 Å². The Hall–Kier alpha value is -2.60. The summed E-state index contributed by atoms with van der Waals surface area (Å²) in [5, 5.41) is 6.39. The molecule has 1 aromatic carbocycles. The van der Waals surface area contributed by atoms with E-state index in [9.17, 15) is 9.59 Å². The van der Waals surface area contributed by atoms with Gasteiger partial charge >= 0.3 is 0 Å². The normalized spacial score (nSPS) is 22.3. The first-order valence-corrected chi connectivity index (χ1v) is 11.6. The summed E-state index contributed by atoms with van der Waals surface area (Å²) >= 11 is 1.62. The number of hydrogen-bond acceptors (Lipinski definition) is 3. The maximum atomic E-state index is 13.8. The van der Waals surface area contributed by atoms with Crippen LogP contribution in [0, 0.1) is 6.92 Å². The number of rotatable bonds is 3. The molecule has 0 unspecified atom stereocenters. The Balaban J connectivity index is 1.61. The van der Waals surface area contributed by atoms with E-state index in [0.717, 1.165) is 47.2 Å². The molecule has 6 heteroatoms. The lowest BCUT2D eigenvalue weighted by molar-refractivity contribution is -0.127. The predicted octanol–water partition coefficient (Wildman–Crippen LogP) is 4.88. The third-order valence-corrected chi connectivity index (χ3v) is 7.62. The van der Waals surface area contributed by atoms with Gasteiger partial charge in [0.25, 0.3) is 5.91 Å². The third kappa shape index (κ3) is 2.97. The summed E-state index contributed by atoms with van der Waals surface area (Å²) in [5.74, 6) is -0.171. The maximum Gasteiger partial charge on any atom is 0.275 e. The molecule has 1 fully saturated rings. The van der Waals surface area contributed by atoms with E-state index >= 15 is 0 Å². The van der Waals surface area contributed by atoms with Gasteiger partial charge in [-0.25, -0.2) is 0 Å². The number of hydrogen-bond donors (Lipinski definition) is 1. The van der Waals surface area contributed by atoms with Gasteiger partial charge in [0.05, 0.1) is 6.54 Å². The van der Waals surface area contributed by atoms with Gasteiger partial charge in [-0.05, 0) is 55.8 Å². The average Bonchev–Trinajstić information content (AvgIpc) is 3.33. The van der Waals surface area contributed by atoms with E-state index in [-0.39, 0.29) is 17.9 Å². The van der Waals surface area contributed by atoms with Crippen molar-refractivity contribution in [1.29, 1.82) is 0 Å². The monoisotopic (exact) mass is 421 g/mol. The fraction of sp³-hybridized carbons (Fsp3) is 0.417. The number of nitrogens with one attached hydrogen (secondary N) is 1. The van der Waals surface area contributed by atoms with E-state index in [1.165, 1.54) is 6.42 Å². The number of nitrogens with zero attached hydrogens (tertiary/aromatic N) is 2. The number of aryl methyl sites for hydroxylation is 1. The van der Waals surface area contributed by atoms with E-state index in [1.54, 1.807) is 16.2 Å². The predicted molar refractivity (Wildman–Crippen MR) is 121 cm³/mol. The highest BCUT2D eigenvalue weighted by molar-refractivity contribution is 7.16. The van der Waals surface area contributed by atoms with Gasteiger partial charge in [-0.15, -0.1) is 11.3 Å². The summed E-state index contributed by atoms with van der Waals surface area (Å²) in [4.78, 5) is 30.3. The Labute approximate surface area is 180 Å². The lowest BCUT2D eigenvalue weighted by Gasteiger charge is -2.45. The number of thiophene rings is 1. The molecule has 3 aromatic rings. The van der Waals surface area contributed by atoms with Gasteiger partial charge in [-0.1, -0.05) is 37.5 Å². The fourth-order valence-corrected chi connectivity index (χ4v) is 5.87. The van der Waals surface area contributed by atoms with Crippen molar-refractivity contribution in [2.24, 2.45) is 0 Å². The molecule has 0 spiro atoms. The summed E-state index contributed by atoms with van der Waals surface area (Å²) < 4.78 is 2.04. The second-order valence-electron chi connectivity index (χ2n) is 8.81. The minimum Gasteiger partial charge on any atom is -0.351 e. The molecule has 156 valence electrons. The molecule has 0 radical (unpaired) electrons. The zero-order chi connectivity index (χ0) is 20.9. The standard InChI is InChI=1S/C24H27N3O2S/c1-16-8-6-7-11-19(16)27-21(28)20-14-17-12-13-30-22(17)26(20)15-24(27,2)23(29)25-18-9-4-3-5-10-18/h6-8,11-14,18H,3-5,9-10,15H2,1-2H3,(H,25,29)/t24-/m1/s1. The highest BCUT2D eigenvalue weighted by Crippen LogP contribution is 2.38. The fourth-order valence-electron chi connectivity index (χ4n) is 4.98. The molecule has 1 aliphatic carbocycles. The Bertz CT molecular complexity index is 1120. The summed E-state index contributed by atoms with van der Waals surface area (Å²) in [6.07, 6.45) is 5.58. The molecular weight excluding hydrogens is 394 g/mol. The van der Waals surface area contributed by atoms with Crippen LogP contribution >= 0.6 is 11.3 Å². The van der Waals surface area contributed by atoms with Crippen molar-refractivity contribution in [3.05, 3.63) is 53.0 Å². The average molecular weight is 422 g/mol. The van der Waals surface area contributed by atoms with Gasteiger partial charge in [0, 0.05) is 17.1 Å². The van der Waals surface area contributed by atoms with Gasteiger partial charge in [0.2, 0.25) is 5.91 Å². The van der Waals surface area contributed by atoms with Crippen molar-refractivity contribution in [1.82, 2.24) is 9.88 Å². The van der Waals surface area contributed by atoms with Crippen LogP contribution in [0.2, 0.25) is 0 Å². The molecule has 3 heterocycles. The molecule has 0 bridgehead atoms. The van der Waals surface area contributed by atoms with Crippen molar-refractivity contribution in [2.45, 2.75) is 64.1 Å². The first kappa shape index (κ1) is 19.4. The van der Waals surface area contributed by atoms with E-state index in [2.05, 4.69) is 5.32 Å². The Morgan fingerprint density at radius 1 is 1.17 bits per heavy atom. The van der Waals surface area contributed by atoms with E-state index in [1.807, 2.05) is 60.2 Å². The quantitative estimate of drug-likeness (QED) is 0.655. The molecule has 1 N–H and O–H groups in total. The zero-order valence-electron chi connectivity index (χ0n) is 17.5. The number of carbonyl (C=O) groups excluding carboxylic acids is 2. The summed E-state index contributed by atoms with van der Waals surface area (Å²) in [6, 6.07) is 12.0. The van der Waals surface area contributed by atoms with Crippen LogP contribution in [0.5, 0.6) is 0 Å². The summed E-state index contributed by atoms with van der Waals surface area (Å²) in [6.45, 7) is 4.36. The molecule has 2 amide bonds. The van der Waals surface area contributed by atoms with Gasteiger partial charge in [0.1, 0.15) is 16.1 Å². The first-order valence-electron chi connectivity index (χ1n) is 10.8. The minimum atomic E-state index is -0.996. The maximum absolute atomic E-state index is 13.8. The molecule has 5 nitrogen and oxygen atoms in total. The summed E-state index contributed by atoms with van der Waals surface area (Å²) in [5.41, 5.74) is 1.45. The van der Waals surface area contributed by atoms with Gasteiger partial charge in [0.15, 0.2) is 0 Å². The molecule has 1 saturated carbocycles. The van der Waals surface area contributed by atoms with Gasteiger partial charge in [-0.2, -0.15) is 0 Å².